The van der Waals surface area contributed by atoms with Crippen LogP contribution in [0.2, 0.25) is 0 Å². The van der Waals surface area contributed by atoms with Crippen LogP contribution in [0.5, 0.6) is 0 Å². The van der Waals surface area contributed by atoms with Crippen LogP contribution < -0.4 is 10.6 Å². The maximum absolute atomic E-state index is 12.8. The highest BCUT2D eigenvalue weighted by molar-refractivity contribution is 6.01. The Morgan fingerprint density at radius 1 is 1.04 bits per heavy atom. The van der Waals surface area contributed by atoms with E-state index in [0.29, 0.717) is 5.56 Å². The molecule has 25 heavy (non-hydrogen) atoms. The molecule has 0 saturated heterocycles. The summed E-state index contributed by atoms with van der Waals surface area (Å²) in [5, 5.41) is 5.86. The summed E-state index contributed by atoms with van der Waals surface area (Å²) in [5.41, 5.74) is 3.41. The highest BCUT2D eigenvalue weighted by atomic mass is 16.2. The second-order valence-corrected chi connectivity index (χ2v) is 6.51. The zero-order chi connectivity index (χ0) is 18.4. The topological polar surface area (TPSA) is 58.2 Å². The summed E-state index contributed by atoms with van der Waals surface area (Å²) in [6.07, 6.45) is 0.792. The van der Waals surface area contributed by atoms with Crippen LogP contribution in [0.25, 0.3) is 0 Å². The fourth-order valence-corrected chi connectivity index (χ4v) is 2.60. The van der Waals surface area contributed by atoms with Gasteiger partial charge in [-0.2, -0.15) is 0 Å². The molecule has 0 aliphatic heterocycles. The summed E-state index contributed by atoms with van der Waals surface area (Å²) in [6, 6.07) is 14.3. The van der Waals surface area contributed by atoms with Gasteiger partial charge in [-0.25, -0.2) is 0 Å². The number of amides is 2. The van der Waals surface area contributed by atoms with Gasteiger partial charge in [0.25, 0.3) is 5.91 Å². The Kier molecular flexibility index (Phi) is 6.34. The summed E-state index contributed by atoms with van der Waals surface area (Å²) in [5.74, 6) is -0.396. The molecule has 0 bridgehead atoms. The lowest BCUT2D eigenvalue weighted by atomic mass is 9.97. The molecule has 0 fully saturated rings. The monoisotopic (exact) mass is 338 g/mol. The smallest absolute Gasteiger partial charge is 0.251 e. The predicted molar refractivity (Wildman–Crippen MR) is 102 cm³/mol. The van der Waals surface area contributed by atoms with E-state index in [1.165, 1.54) is 0 Å². The van der Waals surface area contributed by atoms with Crippen LogP contribution in [0.15, 0.2) is 48.5 Å². The van der Waals surface area contributed by atoms with Gasteiger partial charge in [0.1, 0.15) is 6.04 Å². The molecule has 0 heterocycles. The molecule has 0 radical (unpaired) electrons. The Bertz CT molecular complexity index is 741. The maximum Gasteiger partial charge on any atom is 0.251 e. The summed E-state index contributed by atoms with van der Waals surface area (Å²) >= 11 is 0. The van der Waals surface area contributed by atoms with E-state index in [1.807, 2.05) is 64.1 Å². The van der Waals surface area contributed by atoms with Crippen LogP contribution in [0.3, 0.4) is 0 Å². The quantitative estimate of drug-likeness (QED) is 0.833. The van der Waals surface area contributed by atoms with E-state index in [-0.39, 0.29) is 17.7 Å². The van der Waals surface area contributed by atoms with Gasteiger partial charge in [0.05, 0.1) is 0 Å². The molecular formula is C21H26N2O2. The van der Waals surface area contributed by atoms with Gasteiger partial charge in [-0.1, -0.05) is 50.6 Å². The molecule has 0 aromatic heterocycles. The van der Waals surface area contributed by atoms with Crippen LogP contribution in [0.4, 0.5) is 5.69 Å². The number of benzene rings is 2. The molecule has 4 heteroatoms. The second kappa shape index (κ2) is 8.47. The van der Waals surface area contributed by atoms with Crippen molar-refractivity contribution in [2.45, 2.75) is 40.2 Å². The van der Waals surface area contributed by atoms with Crippen molar-refractivity contribution < 1.29 is 9.59 Å². The first-order valence-corrected chi connectivity index (χ1v) is 8.66. The molecule has 4 nitrogen and oxygen atoms in total. The van der Waals surface area contributed by atoms with Gasteiger partial charge < -0.3 is 10.6 Å². The largest absolute Gasteiger partial charge is 0.340 e. The average Bonchev–Trinajstić information content (AvgIpc) is 2.62. The normalized spacial score (nSPS) is 13.0. The summed E-state index contributed by atoms with van der Waals surface area (Å²) < 4.78 is 0. The van der Waals surface area contributed by atoms with Crippen molar-refractivity contribution in [3.63, 3.8) is 0 Å². The minimum absolute atomic E-state index is 0.0257. The van der Waals surface area contributed by atoms with E-state index in [2.05, 4.69) is 10.6 Å². The molecular weight excluding hydrogens is 312 g/mol. The lowest BCUT2D eigenvalue weighted by Gasteiger charge is -2.24. The molecule has 0 spiro atoms. The van der Waals surface area contributed by atoms with Crippen LogP contribution >= 0.6 is 0 Å². The van der Waals surface area contributed by atoms with Crippen molar-refractivity contribution >= 4 is 17.5 Å². The van der Waals surface area contributed by atoms with Crippen molar-refractivity contribution in [1.29, 1.82) is 0 Å². The van der Waals surface area contributed by atoms with Crippen LogP contribution in [0.1, 0.15) is 41.8 Å². The van der Waals surface area contributed by atoms with E-state index < -0.39 is 6.04 Å². The number of hydrogen-bond donors (Lipinski definition) is 2. The Labute approximate surface area is 149 Å². The van der Waals surface area contributed by atoms with E-state index in [4.69, 9.17) is 0 Å². The van der Waals surface area contributed by atoms with Crippen LogP contribution in [-0.2, 0) is 4.79 Å². The Balaban J connectivity index is 2.17. The summed E-state index contributed by atoms with van der Waals surface area (Å²) in [7, 11) is 0. The Morgan fingerprint density at radius 3 is 2.36 bits per heavy atom. The van der Waals surface area contributed by atoms with Gasteiger partial charge in [-0.05, 0) is 49.1 Å². The lowest BCUT2D eigenvalue weighted by molar-refractivity contribution is -0.119. The predicted octanol–water partition coefficient (Wildman–Crippen LogP) is 4.09. The van der Waals surface area contributed by atoms with E-state index in [1.54, 1.807) is 12.1 Å². The molecule has 2 rings (SSSR count). The molecule has 132 valence electrons. The molecule has 2 N–H and O–H groups in total. The minimum atomic E-state index is -0.586. The van der Waals surface area contributed by atoms with Crippen molar-refractivity contribution in [3.05, 3.63) is 65.2 Å². The number of anilines is 1. The van der Waals surface area contributed by atoms with Gasteiger partial charge in [-0.15, -0.1) is 0 Å². The lowest BCUT2D eigenvalue weighted by Crippen LogP contribution is -2.47. The molecule has 2 aromatic carbocycles. The Hall–Kier alpha value is -2.62. The van der Waals surface area contributed by atoms with Crippen molar-refractivity contribution in [2.24, 2.45) is 5.92 Å². The number of carbonyl (C=O) groups excluding carboxylic acids is 2. The van der Waals surface area contributed by atoms with Gasteiger partial charge in [0.15, 0.2) is 0 Å². The van der Waals surface area contributed by atoms with Gasteiger partial charge in [0.2, 0.25) is 5.91 Å². The molecule has 0 aliphatic rings. The van der Waals surface area contributed by atoms with Crippen molar-refractivity contribution in [3.8, 4) is 0 Å². The Morgan fingerprint density at radius 2 is 1.72 bits per heavy atom. The fourth-order valence-electron chi connectivity index (χ4n) is 2.60. The average molecular weight is 338 g/mol. The zero-order valence-corrected chi connectivity index (χ0v) is 15.3. The van der Waals surface area contributed by atoms with E-state index >= 15 is 0 Å². The van der Waals surface area contributed by atoms with Gasteiger partial charge in [-0.3, -0.25) is 9.59 Å². The number of rotatable bonds is 6. The molecule has 2 atom stereocenters. The third kappa shape index (κ3) is 4.92. The standard InChI is InChI=1S/C21H26N2O2/c1-5-15(3)19(23-20(24)17-9-7-6-8-10-17)21(25)22-18-13-14(2)11-12-16(18)4/h6-13,15,19H,5H2,1-4H3,(H,22,25)(H,23,24)/t15-,19-/m0/s1. The molecule has 2 aromatic rings. The zero-order valence-electron chi connectivity index (χ0n) is 15.3. The first-order chi connectivity index (χ1) is 11.9. The second-order valence-electron chi connectivity index (χ2n) is 6.51. The summed E-state index contributed by atoms with van der Waals surface area (Å²) in [6.45, 7) is 7.92. The SMILES string of the molecule is CC[C@H](C)[C@H](NC(=O)c1ccccc1)C(=O)Nc1cc(C)ccc1C. The van der Waals surface area contributed by atoms with Crippen LogP contribution in [-0.4, -0.2) is 17.9 Å². The summed E-state index contributed by atoms with van der Waals surface area (Å²) in [4.78, 5) is 25.3. The number of hydrogen-bond acceptors (Lipinski definition) is 2. The van der Waals surface area contributed by atoms with E-state index in [9.17, 15) is 9.59 Å². The van der Waals surface area contributed by atoms with Crippen LogP contribution in [0, 0.1) is 19.8 Å². The molecule has 0 aliphatic carbocycles. The number of carbonyl (C=O) groups is 2. The van der Waals surface area contributed by atoms with Gasteiger partial charge in [0, 0.05) is 11.3 Å². The molecule has 2 amide bonds. The maximum atomic E-state index is 12.8. The van der Waals surface area contributed by atoms with Gasteiger partial charge >= 0.3 is 0 Å². The number of aryl methyl sites for hydroxylation is 2. The highest BCUT2D eigenvalue weighted by Crippen LogP contribution is 2.18. The minimum Gasteiger partial charge on any atom is -0.340 e. The van der Waals surface area contributed by atoms with Crippen molar-refractivity contribution in [1.82, 2.24) is 5.32 Å². The van der Waals surface area contributed by atoms with Crippen molar-refractivity contribution in [2.75, 3.05) is 5.32 Å². The fraction of sp³-hybridized carbons (Fsp3) is 0.333. The molecule has 0 saturated carbocycles. The third-order valence-electron chi connectivity index (χ3n) is 4.47. The number of nitrogens with one attached hydrogen (secondary N) is 2. The van der Waals surface area contributed by atoms with E-state index in [0.717, 1.165) is 23.2 Å². The first kappa shape index (κ1) is 18.7. The highest BCUT2D eigenvalue weighted by Gasteiger charge is 2.26. The first-order valence-electron chi connectivity index (χ1n) is 8.66. The third-order valence-corrected chi connectivity index (χ3v) is 4.47. The molecule has 0 unspecified atom stereocenters.